The average Bonchev–Trinajstić information content (AvgIpc) is 3.21. The number of methoxy groups -OCH3 is 2. The molecule has 1 heterocycles. The van der Waals surface area contributed by atoms with Crippen LogP contribution in [0.1, 0.15) is 23.2 Å². The van der Waals surface area contributed by atoms with E-state index >= 15 is 0 Å². The van der Waals surface area contributed by atoms with Crippen molar-refractivity contribution in [3.63, 3.8) is 0 Å². The van der Waals surface area contributed by atoms with Gasteiger partial charge in [0.2, 0.25) is 10.0 Å². The van der Waals surface area contributed by atoms with Crippen molar-refractivity contribution in [2.45, 2.75) is 23.8 Å². The Morgan fingerprint density at radius 2 is 1.82 bits per heavy atom. The number of rotatable bonds is 7. The van der Waals surface area contributed by atoms with Crippen LogP contribution in [0.4, 0.5) is 0 Å². The second-order valence-electron chi connectivity index (χ2n) is 6.53. The van der Waals surface area contributed by atoms with E-state index in [1.807, 2.05) is 0 Å². The van der Waals surface area contributed by atoms with E-state index in [1.165, 1.54) is 18.5 Å². The average molecular weight is 404 g/mol. The zero-order chi connectivity index (χ0) is 20.1. The lowest BCUT2D eigenvalue weighted by atomic mass is 10.2. The van der Waals surface area contributed by atoms with Crippen molar-refractivity contribution in [3.8, 4) is 11.5 Å². The van der Waals surface area contributed by atoms with Crippen LogP contribution in [0.2, 0.25) is 0 Å². The molecule has 0 aliphatic carbocycles. The fourth-order valence-corrected chi connectivity index (χ4v) is 4.98. The van der Waals surface area contributed by atoms with Crippen LogP contribution in [0.3, 0.4) is 0 Å². The van der Waals surface area contributed by atoms with Crippen LogP contribution < -0.4 is 14.8 Å². The van der Waals surface area contributed by atoms with Gasteiger partial charge in [0, 0.05) is 24.7 Å². The van der Waals surface area contributed by atoms with E-state index in [-0.39, 0.29) is 23.4 Å². The third kappa shape index (κ3) is 4.28. The molecule has 28 heavy (non-hydrogen) atoms. The molecular weight excluding hydrogens is 380 g/mol. The molecule has 0 unspecified atom stereocenters. The van der Waals surface area contributed by atoms with Crippen LogP contribution in [-0.4, -0.2) is 52.0 Å². The van der Waals surface area contributed by atoms with Gasteiger partial charge in [-0.15, -0.1) is 0 Å². The summed E-state index contributed by atoms with van der Waals surface area (Å²) in [5.74, 6) is 0.937. The first-order chi connectivity index (χ1) is 13.5. The molecule has 1 atom stereocenters. The van der Waals surface area contributed by atoms with Crippen molar-refractivity contribution in [1.82, 2.24) is 9.62 Å². The van der Waals surface area contributed by atoms with Crippen molar-refractivity contribution in [3.05, 3.63) is 54.1 Å². The molecule has 1 amide bonds. The number of nitrogens with one attached hydrogen (secondary N) is 1. The Kier molecular flexibility index (Phi) is 6.21. The van der Waals surface area contributed by atoms with E-state index in [9.17, 15) is 13.2 Å². The second-order valence-corrected chi connectivity index (χ2v) is 8.42. The van der Waals surface area contributed by atoms with Crippen molar-refractivity contribution in [2.24, 2.45) is 0 Å². The number of benzene rings is 2. The van der Waals surface area contributed by atoms with Crippen LogP contribution in [0.15, 0.2) is 53.4 Å². The Balaban J connectivity index is 1.69. The number of ether oxygens (including phenoxy) is 2. The smallest absolute Gasteiger partial charge is 0.251 e. The van der Waals surface area contributed by atoms with Crippen LogP contribution in [0, 0.1) is 0 Å². The first-order valence-electron chi connectivity index (χ1n) is 9.04. The molecule has 0 saturated carbocycles. The van der Waals surface area contributed by atoms with Crippen LogP contribution in [-0.2, 0) is 10.0 Å². The highest BCUT2D eigenvalue weighted by Gasteiger charge is 2.35. The molecule has 150 valence electrons. The molecule has 0 radical (unpaired) electrons. The van der Waals surface area contributed by atoms with Gasteiger partial charge in [-0.05, 0) is 55.3 Å². The summed E-state index contributed by atoms with van der Waals surface area (Å²) < 4.78 is 37.7. The van der Waals surface area contributed by atoms with Crippen molar-refractivity contribution in [1.29, 1.82) is 0 Å². The molecule has 0 spiro atoms. The molecule has 1 saturated heterocycles. The van der Waals surface area contributed by atoms with Gasteiger partial charge in [-0.1, -0.05) is 6.07 Å². The lowest BCUT2D eigenvalue weighted by Gasteiger charge is -2.24. The van der Waals surface area contributed by atoms with E-state index in [0.29, 0.717) is 30.0 Å². The van der Waals surface area contributed by atoms with Crippen LogP contribution in [0.25, 0.3) is 0 Å². The summed E-state index contributed by atoms with van der Waals surface area (Å²) in [4.78, 5) is 12.6. The van der Waals surface area contributed by atoms with Gasteiger partial charge >= 0.3 is 0 Å². The predicted octanol–water partition coefficient (Wildman–Crippen LogP) is 2.29. The lowest BCUT2D eigenvalue weighted by Crippen LogP contribution is -2.43. The molecule has 1 N–H and O–H groups in total. The van der Waals surface area contributed by atoms with Gasteiger partial charge in [0.05, 0.1) is 19.1 Å². The third-order valence-corrected chi connectivity index (χ3v) is 6.79. The predicted molar refractivity (Wildman–Crippen MR) is 105 cm³/mol. The number of sulfonamides is 1. The second kappa shape index (κ2) is 8.62. The van der Waals surface area contributed by atoms with Crippen LogP contribution in [0.5, 0.6) is 11.5 Å². The molecule has 0 bridgehead atoms. The maximum absolute atomic E-state index is 13.0. The Labute approximate surface area is 165 Å². The first-order valence-corrected chi connectivity index (χ1v) is 10.5. The molecule has 2 aromatic rings. The summed E-state index contributed by atoms with van der Waals surface area (Å²) in [6.45, 7) is 0.694. The van der Waals surface area contributed by atoms with E-state index in [4.69, 9.17) is 9.47 Å². The zero-order valence-electron chi connectivity index (χ0n) is 15.9. The molecule has 8 heteroatoms. The summed E-state index contributed by atoms with van der Waals surface area (Å²) in [7, 11) is -0.558. The molecular formula is C20H24N2O5S. The third-order valence-electron chi connectivity index (χ3n) is 4.82. The Morgan fingerprint density at radius 1 is 1.11 bits per heavy atom. The van der Waals surface area contributed by atoms with Crippen molar-refractivity contribution < 1.29 is 22.7 Å². The highest BCUT2D eigenvalue weighted by atomic mass is 32.2. The minimum Gasteiger partial charge on any atom is -0.497 e. The topological polar surface area (TPSA) is 84.9 Å². The molecule has 7 nitrogen and oxygen atoms in total. The SMILES string of the molecule is COc1ccc(S(=O)(=O)N2CCC[C@H]2CNC(=O)c2cccc(OC)c2)cc1. The van der Waals surface area contributed by atoms with E-state index in [0.717, 1.165) is 6.42 Å². The number of carbonyl (C=O) groups is 1. The fourth-order valence-electron chi connectivity index (χ4n) is 3.29. The summed E-state index contributed by atoms with van der Waals surface area (Å²) in [6, 6.07) is 12.9. The molecule has 2 aromatic carbocycles. The number of amides is 1. The van der Waals surface area contributed by atoms with Crippen molar-refractivity contribution >= 4 is 15.9 Å². The molecule has 1 aliphatic heterocycles. The standard InChI is InChI=1S/C20H24N2O5S/c1-26-17-8-10-19(11-9-17)28(24,25)22-12-4-6-16(22)14-21-20(23)15-5-3-7-18(13-15)27-2/h3,5,7-11,13,16H,4,6,12,14H2,1-2H3,(H,21,23)/t16-/m0/s1. The van der Waals surface area contributed by atoms with E-state index in [1.54, 1.807) is 48.5 Å². The number of nitrogens with zero attached hydrogens (tertiary/aromatic N) is 1. The molecule has 1 aliphatic rings. The molecule has 1 fully saturated rings. The lowest BCUT2D eigenvalue weighted by molar-refractivity contribution is 0.0946. The maximum Gasteiger partial charge on any atom is 0.251 e. The summed E-state index contributed by atoms with van der Waals surface area (Å²) in [6.07, 6.45) is 1.46. The molecule has 3 rings (SSSR count). The van der Waals surface area contributed by atoms with Gasteiger partial charge in [0.1, 0.15) is 11.5 Å². The summed E-state index contributed by atoms with van der Waals surface area (Å²) >= 11 is 0. The Morgan fingerprint density at radius 3 is 2.50 bits per heavy atom. The Bertz CT molecular complexity index is 928. The zero-order valence-corrected chi connectivity index (χ0v) is 16.7. The summed E-state index contributed by atoms with van der Waals surface area (Å²) in [5, 5.41) is 2.84. The highest BCUT2D eigenvalue weighted by molar-refractivity contribution is 7.89. The maximum atomic E-state index is 13.0. The van der Waals surface area contributed by atoms with Gasteiger partial charge < -0.3 is 14.8 Å². The minimum absolute atomic E-state index is 0.222. The van der Waals surface area contributed by atoms with Gasteiger partial charge in [-0.3, -0.25) is 4.79 Å². The number of hydrogen-bond donors (Lipinski definition) is 1. The van der Waals surface area contributed by atoms with Crippen molar-refractivity contribution in [2.75, 3.05) is 27.3 Å². The van der Waals surface area contributed by atoms with Gasteiger partial charge in [0.25, 0.3) is 5.91 Å². The van der Waals surface area contributed by atoms with E-state index in [2.05, 4.69) is 5.32 Å². The minimum atomic E-state index is -3.63. The highest BCUT2D eigenvalue weighted by Crippen LogP contribution is 2.27. The summed E-state index contributed by atoms with van der Waals surface area (Å²) in [5.41, 5.74) is 0.474. The van der Waals surface area contributed by atoms with Gasteiger partial charge in [0.15, 0.2) is 0 Å². The van der Waals surface area contributed by atoms with E-state index < -0.39 is 10.0 Å². The number of carbonyl (C=O) groups excluding carboxylic acids is 1. The van der Waals surface area contributed by atoms with Gasteiger partial charge in [-0.2, -0.15) is 4.31 Å². The van der Waals surface area contributed by atoms with Crippen LogP contribution >= 0.6 is 0 Å². The first kappa shape index (κ1) is 20.2. The fraction of sp³-hybridized carbons (Fsp3) is 0.350. The van der Waals surface area contributed by atoms with Gasteiger partial charge in [-0.25, -0.2) is 8.42 Å². The largest absolute Gasteiger partial charge is 0.497 e. The monoisotopic (exact) mass is 404 g/mol. The number of hydrogen-bond acceptors (Lipinski definition) is 5. The normalized spacial score (nSPS) is 17.3. The quantitative estimate of drug-likeness (QED) is 0.765. The molecule has 0 aromatic heterocycles. The Hall–Kier alpha value is -2.58.